The molecule has 0 saturated carbocycles. The molecule has 8 heteroatoms. The van der Waals surface area contributed by atoms with E-state index in [2.05, 4.69) is 10.3 Å². The second-order valence-electron chi connectivity index (χ2n) is 4.80. The molecule has 3 rings (SSSR count). The van der Waals surface area contributed by atoms with E-state index in [9.17, 15) is 29.7 Å². The molecule has 0 radical (unpaired) electrons. The van der Waals surface area contributed by atoms with Gasteiger partial charge in [-0.2, -0.15) is 0 Å². The summed E-state index contributed by atoms with van der Waals surface area (Å²) in [5, 5.41) is 33.4. The number of carboxylic acid groups (broad SMARTS) is 1. The molecule has 0 aromatic carbocycles. The summed E-state index contributed by atoms with van der Waals surface area (Å²) < 4.78 is 0. The minimum absolute atomic E-state index is 0.0232. The van der Waals surface area contributed by atoms with Gasteiger partial charge in [0.2, 0.25) is 11.6 Å². The van der Waals surface area contributed by atoms with E-state index in [0.717, 1.165) is 12.3 Å². The van der Waals surface area contributed by atoms with Gasteiger partial charge in [0.05, 0.1) is 34.5 Å². The first-order chi connectivity index (χ1) is 9.90. The Kier molecular flexibility index (Phi) is 2.77. The molecule has 21 heavy (non-hydrogen) atoms. The van der Waals surface area contributed by atoms with Crippen LogP contribution in [0.3, 0.4) is 0 Å². The van der Waals surface area contributed by atoms with Gasteiger partial charge in [-0.05, 0) is 0 Å². The van der Waals surface area contributed by atoms with Gasteiger partial charge in [-0.25, -0.2) is 0 Å². The standard InChI is InChI=1S/C13H10N2O6/c16-6-2-8(18)12(19)4-3-14-10-7(17)1-5(13(20)21)15-11(10)9(4)6/h2-3,5,7,15-17H,1H2,(H,20,21)/p-1/t5-,7-/m0/s1. The number of pyridine rings is 1. The third-order valence-corrected chi connectivity index (χ3v) is 3.48. The van der Waals surface area contributed by atoms with Crippen LogP contribution in [0.15, 0.2) is 12.3 Å². The van der Waals surface area contributed by atoms with Crippen molar-refractivity contribution >= 4 is 29.0 Å². The Morgan fingerprint density at radius 1 is 1.43 bits per heavy atom. The van der Waals surface area contributed by atoms with Gasteiger partial charge in [-0.15, -0.1) is 0 Å². The van der Waals surface area contributed by atoms with Crippen molar-refractivity contribution in [1.82, 2.24) is 4.98 Å². The zero-order valence-corrected chi connectivity index (χ0v) is 10.5. The lowest BCUT2D eigenvalue weighted by Gasteiger charge is -2.32. The van der Waals surface area contributed by atoms with E-state index >= 15 is 0 Å². The van der Waals surface area contributed by atoms with Gasteiger partial charge in [0.15, 0.2) is 0 Å². The van der Waals surface area contributed by atoms with Gasteiger partial charge >= 0.3 is 0 Å². The highest BCUT2D eigenvalue weighted by atomic mass is 16.4. The van der Waals surface area contributed by atoms with Gasteiger partial charge in [0.1, 0.15) is 11.9 Å². The number of hydrogen-bond donors (Lipinski definition) is 3. The number of rotatable bonds is 1. The Hall–Kier alpha value is -2.74. The summed E-state index contributed by atoms with van der Waals surface area (Å²) in [7, 11) is 0. The van der Waals surface area contributed by atoms with Gasteiger partial charge in [-0.1, -0.05) is 0 Å². The fourth-order valence-corrected chi connectivity index (χ4v) is 2.48. The quantitative estimate of drug-likeness (QED) is 0.543. The molecule has 1 aromatic rings. The molecule has 108 valence electrons. The lowest BCUT2D eigenvalue weighted by molar-refractivity contribution is -0.307. The van der Waals surface area contributed by atoms with Crippen molar-refractivity contribution in [2.45, 2.75) is 18.6 Å². The SMILES string of the molecule is O=C1C=C(O)c2c(cnc3c2N[C@H](C(=O)[O-])C[C@@H]3O)C1=O. The Balaban J connectivity index is 2.22. The van der Waals surface area contributed by atoms with E-state index in [-0.39, 0.29) is 28.9 Å². The predicted molar refractivity (Wildman–Crippen MR) is 66.2 cm³/mol. The van der Waals surface area contributed by atoms with Gasteiger partial charge in [-0.3, -0.25) is 14.6 Å². The minimum atomic E-state index is -1.43. The molecule has 1 aliphatic carbocycles. The molecular weight excluding hydrogens is 280 g/mol. The summed E-state index contributed by atoms with van der Waals surface area (Å²) in [6.07, 6.45) is 0.497. The summed E-state index contributed by atoms with van der Waals surface area (Å²) in [6, 6.07) is -1.19. The van der Waals surface area contributed by atoms with E-state index in [1.807, 2.05) is 0 Å². The van der Waals surface area contributed by atoms with E-state index < -0.39 is 35.4 Å². The first-order valence-corrected chi connectivity index (χ1v) is 6.08. The Labute approximate surface area is 117 Å². The van der Waals surface area contributed by atoms with Crippen molar-refractivity contribution in [2.24, 2.45) is 0 Å². The highest BCUT2D eigenvalue weighted by Gasteiger charge is 2.35. The number of carbonyl (C=O) groups excluding carboxylic acids is 3. The number of hydrogen-bond acceptors (Lipinski definition) is 8. The maximum Gasteiger partial charge on any atom is 0.235 e. The summed E-state index contributed by atoms with van der Waals surface area (Å²) in [5.41, 5.74) is -0.0459. The number of anilines is 1. The summed E-state index contributed by atoms with van der Waals surface area (Å²) >= 11 is 0. The maximum absolute atomic E-state index is 11.8. The van der Waals surface area contributed by atoms with E-state index in [1.165, 1.54) is 0 Å². The number of carboxylic acids is 1. The zero-order chi connectivity index (χ0) is 15.3. The molecule has 2 atom stereocenters. The number of ketones is 2. The Morgan fingerprint density at radius 2 is 2.14 bits per heavy atom. The Bertz CT molecular complexity index is 724. The molecule has 2 heterocycles. The van der Waals surface area contributed by atoms with Crippen molar-refractivity contribution in [3.63, 3.8) is 0 Å². The van der Waals surface area contributed by atoms with Crippen LogP contribution in [0.1, 0.15) is 34.1 Å². The first-order valence-electron chi connectivity index (χ1n) is 6.08. The monoisotopic (exact) mass is 289 g/mol. The molecule has 0 bridgehead atoms. The number of aromatic nitrogens is 1. The van der Waals surface area contributed by atoms with Crippen LogP contribution in [0.4, 0.5) is 5.69 Å². The fraction of sp³-hybridized carbons (Fsp3) is 0.231. The molecule has 2 aliphatic rings. The van der Waals surface area contributed by atoms with E-state index in [0.29, 0.717) is 0 Å². The molecular formula is C13H9N2O6-. The van der Waals surface area contributed by atoms with Crippen molar-refractivity contribution in [3.05, 3.63) is 29.1 Å². The number of aliphatic hydroxyl groups is 2. The molecule has 0 amide bonds. The molecule has 0 fully saturated rings. The van der Waals surface area contributed by atoms with Crippen LogP contribution in [-0.2, 0) is 9.59 Å². The van der Waals surface area contributed by atoms with Crippen molar-refractivity contribution in [1.29, 1.82) is 0 Å². The molecule has 0 unspecified atom stereocenters. The van der Waals surface area contributed by atoms with E-state index in [4.69, 9.17) is 0 Å². The second kappa shape index (κ2) is 4.38. The third-order valence-electron chi connectivity index (χ3n) is 3.48. The highest BCUT2D eigenvalue weighted by Crippen LogP contribution is 2.39. The number of carbonyl (C=O) groups is 3. The number of nitrogens with zero attached hydrogens (tertiary/aromatic N) is 1. The predicted octanol–water partition coefficient (Wildman–Crippen LogP) is -1.29. The number of aliphatic hydroxyl groups excluding tert-OH is 2. The topological polar surface area (TPSA) is 140 Å². The van der Waals surface area contributed by atoms with Crippen molar-refractivity contribution in [3.8, 4) is 0 Å². The van der Waals surface area contributed by atoms with Gasteiger partial charge in [0.25, 0.3) is 0 Å². The summed E-state index contributed by atoms with van der Waals surface area (Å²) in [5.74, 6) is -3.66. The fourth-order valence-electron chi connectivity index (χ4n) is 2.48. The van der Waals surface area contributed by atoms with Crippen molar-refractivity contribution in [2.75, 3.05) is 5.32 Å². The normalized spacial score (nSPS) is 23.8. The van der Waals surface area contributed by atoms with E-state index in [1.54, 1.807) is 0 Å². The van der Waals surface area contributed by atoms with Crippen LogP contribution >= 0.6 is 0 Å². The lowest BCUT2D eigenvalue weighted by atomic mass is 9.89. The molecule has 0 saturated heterocycles. The maximum atomic E-state index is 11.8. The second-order valence-corrected chi connectivity index (χ2v) is 4.80. The number of Topliss-reactive ketones (excluding diaryl/α,β-unsaturated/α-hetero) is 1. The molecule has 0 spiro atoms. The van der Waals surface area contributed by atoms with Crippen LogP contribution < -0.4 is 10.4 Å². The van der Waals surface area contributed by atoms with Crippen LogP contribution in [0.2, 0.25) is 0 Å². The average molecular weight is 289 g/mol. The average Bonchev–Trinajstić information content (AvgIpc) is 2.43. The molecule has 1 aliphatic heterocycles. The van der Waals surface area contributed by atoms with Gasteiger partial charge < -0.3 is 25.4 Å². The van der Waals surface area contributed by atoms with Gasteiger partial charge in [0, 0.05) is 18.7 Å². The zero-order valence-electron chi connectivity index (χ0n) is 10.5. The van der Waals surface area contributed by atoms with Crippen LogP contribution in [0.5, 0.6) is 0 Å². The number of allylic oxidation sites excluding steroid dienone is 1. The number of fused-ring (bicyclic) bond motifs is 3. The van der Waals surface area contributed by atoms with Crippen molar-refractivity contribution < 1.29 is 29.7 Å². The summed E-state index contributed by atoms with van der Waals surface area (Å²) in [4.78, 5) is 38.0. The minimum Gasteiger partial charge on any atom is -0.548 e. The van der Waals surface area contributed by atoms with Crippen LogP contribution in [-0.4, -0.2) is 38.8 Å². The smallest absolute Gasteiger partial charge is 0.235 e. The molecule has 3 N–H and O–H groups in total. The number of aliphatic carboxylic acids is 1. The van der Waals surface area contributed by atoms with Crippen LogP contribution in [0.25, 0.3) is 5.76 Å². The largest absolute Gasteiger partial charge is 0.548 e. The third kappa shape index (κ3) is 1.88. The first kappa shape index (κ1) is 13.3. The Morgan fingerprint density at radius 3 is 2.81 bits per heavy atom. The van der Waals surface area contributed by atoms with Crippen LogP contribution in [0, 0.1) is 0 Å². The number of nitrogens with one attached hydrogen (secondary N) is 1. The highest BCUT2D eigenvalue weighted by molar-refractivity contribution is 6.50. The lowest BCUT2D eigenvalue weighted by Crippen LogP contribution is -2.44. The summed E-state index contributed by atoms with van der Waals surface area (Å²) in [6.45, 7) is 0. The molecule has 8 nitrogen and oxygen atoms in total. The molecule has 1 aromatic heterocycles.